The van der Waals surface area contributed by atoms with Gasteiger partial charge < -0.3 is 31.3 Å². The van der Waals surface area contributed by atoms with E-state index in [1.165, 1.54) is 21.3 Å². The molecule has 0 saturated carbocycles. The average Bonchev–Trinajstić information content (AvgIpc) is 3.16. The Hall–Kier alpha value is -5.28. The number of carboxylic acids is 1. The second-order valence-electron chi connectivity index (χ2n) is 13.6. The number of nitrogens with one attached hydrogen (secondary N) is 4. The Labute approximate surface area is 316 Å². The number of aliphatic carboxylic acids is 1. The Kier molecular flexibility index (Phi) is 14.7. The van der Waals surface area contributed by atoms with Gasteiger partial charge in [-0.05, 0) is 73.6 Å². The van der Waals surface area contributed by atoms with Crippen molar-refractivity contribution in [3.63, 3.8) is 0 Å². The molecule has 1 aliphatic rings. The van der Waals surface area contributed by atoms with E-state index in [2.05, 4.69) is 21.3 Å². The minimum atomic E-state index is -3.70. The Morgan fingerprint density at radius 3 is 2.15 bits per heavy atom. The molecule has 0 aliphatic carbocycles. The fourth-order valence-electron chi connectivity index (χ4n) is 6.29. The van der Waals surface area contributed by atoms with E-state index in [9.17, 15) is 37.5 Å². The normalized spacial score (nSPS) is 15.3. The summed E-state index contributed by atoms with van der Waals surface area (Å²) in [7, 11) is -2.14. The fourth-order valence-corrected chi connectivity index (χ4v) is 7.78. The van der Waals surface area contributed by atoms with Crippen molar-refractivity contribution in [2.75, 3.05) is 37.3 Å². The van der Waals surface area contributed by atoms with Crippen LogP contribution in [0.4, 0.5) is 16.2 Å². The van der Waals surface area contributed by atoms with E-state index in [4.69, 9.17) is 0 Å². The summed E-state index contributed by atoms with van der Waals surface area (Å²) >= 11 is 0. The number of anilines is 2. The molecule has 0 radical (unpaired) electrons. The van der Waals surface area contributed by atoms with Crippen LogP contribution in [0.15, 0.2) is 83.8 Å². The van der Waals surface area contributed by atoms with Gasteiger partial charge >= 0.3 is 12.0 Å². The Morgan fingerprint density at radius 2 is 1.54 bits per heavy atom. The van der Waals surface area contributed by atoms with Crippen LogP contribution in [-0.4, -0.2) is 91.2 Å². The molecule has 3 aromatic rings. The molecule has 1 saturated heterocycles. The van der Waals surface area contributed by atoms with Gasteiger partial charge in [-0.3, -0.25) is 14.4 Å². The van der Waals surface area contributed by atoms with E-state index in [1.807, 2.05) is 39.0 Å². The molecule has 54 heavy (non-hydrogen) atoms. The average molecular weight is 763 g/mol. The van der Waals surface area contributed by atoms with Gasteiger partial charge in [0.1, 0.15) is 12.1 Å². The summed E-state index contributed by atoms with van der Waals surface area (Å²) in [6, 6.07) is 19.8. The lowest BCUT2D eigenvalue weighted by Gasteiger charge is -2.32. The summed E-state index contributed by atoms with van der Waals surface area (Å²) in [5.74, 6) is -3.27. The molecule has 1 aliphatic heterocycles. The predicted molar refractivity (Wildman–Crippen MR) is 205 cm³/mol. The number of benzene rings is 3. The molecule has 1 heterocycles. The van der Waals surface area contributed by atoms with Crippen LogP contribution < -0.4 is 21.3 Å². The maximum Gasteiger partial charge on any atom is 0.326 e. The molecule has 14 nitrogen and oxygen atoms in total. The highest BCUT2D eigenvalue weighted by atomic mass is 32.2. The van der Waals surface area contributed by atoms with Crippen LogP contribution in [-0.2, 0) is 35.6 Å². The van der Waals surface area contributed by atoms with E-state index in [0.717, 1.165) is 5.56 Å². The molecule has 3 aromatic carbocycles. The van der Waals surface area contributed by atoms with Gasteiger partial charge in [-0.25, -0.2) is 18.0 Å². The van der Waals surface area contributed by atoms with E-state index in [1.54, 1.807) is 55.6 Å². The number of hydrogen-bond acceptors (Lipinski definition) is 7. The quantitative estimate of drug-likeness (QED) is 0.143. The molecule has 0 spiro atoms. The van der Waals surface area contributed by atoms with Crippen molar-refractivity contribution in [1.82, 2.24) is 19.8 Å². The molecule has 0 aromatic heterocycles. The Morgan fingerprint density at radius 1 is 0.907 bits per heavy atom. The summed E-state index contributed by atoms with van der Waals surface area (Å²) < 4.78 is 27.2. The standard InChI is InChI=1S/C39H50N6O8S/c1-5-26(2)35(44(4)34(46)25-28-15-17-30(18-16-28)41-39(51)43-32-14-10-9-11-27(32)3)37(48)40-22-19-33(38(49)50)42-36(47)29-20-23-45(24-21-29)54(52,53)31-12-7-6-8-13-31/h6-18,26,29,33,35H,5,19-25H2,1-4H3,(H,40,48)(H,42,47)(H,49,50)(H2,41,43,51)/t26?,33-,35-/m0/s1. The number of sulfonamides is 1. The monoisotopic (exact) mass is 762 g/mol. The van der Waals surface area contributed by atoms with Gasteiger partial charge in [-0.1, -0.05) is 68.8 Å². The highest BCUT2D eigenvalue weighted by Gasteiger charge is 2.34. The third-order valence-electron chi connectivity index (χ3n) is 9.78. The molecule has 5 N–H and O–H groups in total. The van der Waals surface area contributed by atoms with Crippen LogP contribution in [0.2, 0.25) is 0 Å². The summed E-state index contributed by atoms with van der Waals surface area (Å²) in [5.41, 5.74) is 2.84. The van der Waals surface area contributed by atoms with Crippen LogP contribution in [0.1, 0.15) is 50.7 Å². The summed E-state index contributed by atoms with van der Waals surface area (Å²) in [6.07, 6.45) is 0.994. The van der Waals surface area contributed by atoms with Crippen molar-refractivity contribution in [1.29, 1.82) is 0 Å². The number of rotatable bonds is 16. The van der Waals surface area contributed by atoms with Gasteiger partial charge in [-0.15, -0.1) is 0 Å². The number of nitrogens with zero attached hydrogens (tertiary/aromatic N) is 2. The van der Waals surface area contributed by atoms with Gasteiger partial charge in [0.2, 0.25) is 27.7 Å². The smallest absolute Gasteiger partial charge is 0.326 e. The number of urea groups is 1. The van der Waals surface area contributed by atoms with Crippen LogP contribution in [0.25, 0.3) is 0 Å². The summed E-state index contributed by atoms with van der Waals surface area (Å²) in [5, 5.41) is 20.7. The number of carboxylic acid groups (broad SMARTS) is 1. The minimum Gasteiger partial charge on any atom is -0.480 e. The van der Waals surface area contributed by atoms with Crippen molar-refractivity contribution in [3.05, 3.63) is 90.0 Å². The van der Waals surface area contributed by atoms with E-state index < -0.39 is 51.8 Å². The Balaban J connectivity index is 1.26. The van der Waals surface area contributed by atoms with E-state index in [-0.39, 0.29) is 62.0 Å². The fraction of sp³-hybridized carbons (Fsp3) is 0.410. The summed E-state index contributed by atoms with van der Waals surface area (Å²) in [6.45, 7) is 5.84. The SMILES string of the molecule is CCC(C)[C@@H](C(=O)NCC[C@H](NC(=O)C1CCN(S(=O)(=O)c2ccccc2)CC1)C(=O)O)N(C)C(=O)Cc1ccc(NC(=O)Nc2ccccc2C)cc1. The minimum absolute atomic E-state index is 0.0105. The molecule has 3 atom stereocenters. The molecule has 1 fully saturated rings. The number of aryl methyl sites for hydroxylation is 1. The number of carbonyl (C=O) groups excluding carboxylic acids is 4. The molecule has 15 heteroatoms. The lowest BCUT2D eigenvalue weighted by Crippen LogP contribution is -2.52. The first-order chi connectivity index (χ1) is 25.7. The van der Waals surface area contributed by atoms with Crippen molar-refractivity contribution in [2.24, 2.45) is 11.8 Å². The molecule has 1 unspecified atom stereocenters. The summed E-state index contributed by atoms with van der Waals surface area (Å²) in [4.78, 5) is 65.9. The third kappa shape index (κ3) is 11.1. The van der Waals surface area contributed by atoms with Gasteiger partial charge in [0.25, 0.3) is 0 Å². The number of likely N-dealkylation sites (N-methyl/N-ethyl adjacent to an activating group) is 1. The zero-order valence-electron chi connectivity index (χ0n) is 31.1. The lowest BCUT2D eigenvalue weighted by molar-refractivity contribution is -0.143. The van der Waals surface area contributed by atoms with Crippen LogP contribution in [0.3, 0.4) is 0 Å². The zero-order valence-corrected chi connectivity index (χ0v) is 31.9. The molecule has 5 amide bonds. The van der Waals surface area contributed by atoms with Gasteiger partial charge in [-0.2, -0.15) is 4.31 Å². The number of carbonyl (C=O) groups is 5. The third-order valence-corrected chi connectivity index (χ3v) is 11.7. The highest BCUT2D eigenvalue weighted by Crippen LogP contribution is 2.24. The molecule has 0 bridgehead atoms. The van der Waals surface area contributed by atoms with Crippen molar-refractivity contribution in [2.45, 2.75) is 69.9 Å². The molecule has 4 rings (SSSR count). The van der Waals surface area contributed by atoms with Gasteiger partial charge in [0, 0.05) is 44.0 Å². The topological polar surface area (TPSA) is 194 Å². The van der Waals surface area contributed by atoms with E-state index in [0.29, 0.717) is 23.4 Å². The number of hydrogen-bond donors (Lipinski definition) is 5. The van der Waals surface area contributed by atoms with Gasteiger partial charge in [0.05, 0.1) is 11.3 Å². The largest absolute Gasteiger partial charge is 0.480 e. The first kappa shape index (κ1) is 41.5. The number of piperidine rings is 1. The number of para-hydroxylation sites is 1. The highest BCUT2D eigenvalue weighted by molar-refractivity contribution is 7.89. The molecular weight excluding hydrogens is 713 g/mol. The molecular formula is C39H50N6O8S. The van der Waals surface area contributed by atoms with Crippen molar-refractivity contribution < 1.29 is 37.5 Å². The zero-order chi connectivity index (χ0) is 39.4. The Bertz CT molecular complexity index is 1880. The van der Waals surface area contributed by atoms with E-state index >= 15 is 0 Å². The maximum atomic E-state index is 13.4. The second kappa shape index (κ2) is 19.2. The van der Waals surface area contributed by atoms with Crippen LogP contribution >= 0.6 is 0 Å². The second-order valence-corrected chi connectivity index (χ2v) is 15.5. The van der Waals surface area contributed by atoms with Gasteiger partial charge in [0.15, 0.2) is 0 Å². The van der Waals surface area contributed by atoms with Crippen molar-refractivity contribution >= 4 is 51.1 Å². The first-order valence-corrected chi connectivity index (χ1v) is 19.5. The maximum absolute atomic E-state index is 13.4. The molecule has 290 valence electrons. The predicted octanol–water partition coefficient (Wildman–Crippen LogP) is 4.23. The first-order valence-electron chi connectivity index (χ1n) is 18.1. The lowest BCUT2D eigenvalue weighted by atomic mass is 9.96. The number of amides is 5. The van der Waals surface area contributed by atoms with Crippen molar-refractivity contribution in [3.8, 4) is 0 Å². The van der Waals surface area contributed by atoms with Crippen LogP contribution in [0.5, 0.6) is 0 Å². The van der Waals surface area contributed by atoms with Crippen LogP contribution in [0, 0.1) is 18.8 Å².